The molecule has 0 radical (unpaired) electrons. The molecule has 2 heterocycles. The van der Waals surface area contributed by atoms with Crippen LogP contribution in [0.4, 0.5) is 0 Å². The third-order valence-electron chi connectivity index (χ3n) is 3.44. The van der Waals surface area contributed by atoms with Crippen LogP contribution in [0.5, 0.6) is 0 Å². The molecule has 1 fully saturated rings. The molecular weight excluding hydrogens is 292 g/mol. The maximum atomic E-state index is 12.4. The van der Waals surface area contributed by atoms with Crippen molar-refractivity contribution in [3.05, 3.63) is 29.6 Å². The van der Waals surface area contributed by atoms with Crippen LogP contribution in [0.1, 0.15) is 28.9 Å². The molecule has 0 spiro atoms. The Morgan fingerprint density at radius 3 is 2.71 bits per heavy atom. The number of nitrogens with two attached hydrogens (primary N) is 1. The van der Waals surface area contributed by atoms with Crippen LogP contribution in [-0.2, 0) is 16.6 Å². The lowest BCUT2D eigenvalue weighted by molar-refractivity contribution is 0.0711. The van der Waals surface area contributed by atoms with Crippen molar-refractivity contribution in [1.29, 1.82) is 0 Å². The van der Waals surface area contributed by atoms with Gasteiger partial charge in [0.15, 0.2) is 0 Å². The maximum Gasteiger partial charge on any atom is 0.253 e. The van der Waals surface area contributed by atoms with E-state index in [1.807, 2.05) is 0 Å². The fraction of sp³-hybridized carbons (Fsp3) is 0.538. The van der Waals surface area contributed by atoms with E-state index < -0.39 is 10.0 Å². The van der Waals surface area contributed by atoms with Gasteiger partial charge in [0.1, 0.15) is 0 Å². The molecular formula is C13H20N4O3S. The predicted molar refractivity (Wildman–Crippen MR) is 79.0 cm³/mol. The first-order valence-electron chi connectivity index (χ1n) is 6.80. The van der Waals surface area contributed by atoms with Gasteiger partial charge in [-0.05, 0) is 25.0 Å². The van der Waals surface area contributed by atoms with Gasteiger partial charge in [0, 0.05) is 37.4 Å². The highest BCUT2D eigenvalue weighted by Crippen LogP contribution is 2.14. The van der Waals surface area contributed by atoms with Gasteiger partial charge in [-0.2, -0.15) is 0 Å². The molecule has 1 aromatic heterocycles. The van der Waals surface area contributed by atoms with Crippen molar-refractivity contribution < 1.29 is 13.2 Å². The molecule has 1 aromatic rings. The van der Waals surface area contributed by atoms with E-state index in [1.54, 1.807) is 23.2 Å². The fourth-order valence-electron chi connectivity index (χ4n) is 2.41. The largest absolute Gasteiger partial charge is 0.339 e. The van der Waals surface area contributed by atoms with Crippen molar-refractivity contribution in [2.24, 2.45) is 5.73 Å². The highest BCUT2D eigenvalue weighted by atomic mass is 32.2. The van der Waals surface area contributed by atoms with Crippen molar-refractivity contribution in [3.8, 4) is 0 Å². The van der Waals surface area contributed by atoms with Crippen molar-refractivity contribution in [3.63, 3.8) is 0 Å². The van der Waals surface area contributed by atoms with Crippen LogP contribution in [-0.4, -0.2) is 49.6 Å². The number of hydrogen-bond donors (Lipinski definition) is 2. The molecule has 0 aliphatic carbocycles. The van der Waals surface area contributed by atoms with Gasteiger partial charge in [0.25, 0.3) is 5.91 Å². The van der Waals surface area contributed by atoms with Crippen LogP contribution >= 0.6 is 0 Å². The number of hydrogen-bond acceptors (Lipinski definition) is 5. The number of carbonyl (C=O) groups excluding carboxylic acids is 1. The number of likely N-dealkylation sites (tertiary alicyclic amines) is 1. The van der Waals surface area contributed by atoms with Crippen LogP contribution in [0, 0.1) is 0 Å². The van der Waals surface area contributed by atoms with E-state index in [2.05, 4.69) is 9.71 Å². The topological polar surface area (TPSA) is 105 Å². The number of aromatic nitrogens is 1. The SMILES string of the molecule is CS(=O)(=O)NC1CCN(C(=O)c2ccnc(CN)c2)CC1. The lowest BCUT2D eigenvalue weighted by Gasteiger charge is -2.32. The Morgan fingerprint density at radius 2 is 2.14 bits per heavy atom. The number of nitrogens with zero attached hydrogens (tertiary/aromatic N) is 2. The van der Waals surface area contributed by atoms with E-state index in [4.69, 9.17) is 5.73 Å². The molecule has 0 saturated carbocycles. The number of pyridine rings is 1. The molecule has 7 nitrogen and oxygen atoms in total. The maximum absolute atomic E-state index is 12.4. The summed E-state index contributed by atoms with van der Waals surface area (Å²) in [5, 5.41) is 0. The van der Waals surface area contributed by atoms with Gasteiger partial charge in [-0.15, -0.1) is 0 Å². The minimum Gasteiger partial charge on any atom is -0.339 e. The Labute approximate surface area is 124 Å². The summed E-state index contributed by atoms with van der Waals surface area (Å²) in [7, 11) is -3.20. The number of carbonyl (C=O) groups is 1. The fourth-order valence-corrected chi connectivity index (χ4v) is 3.25. The summed E-state index contributed by atoms with van der Waals surface area (Å²) in [6.07, 6.45) is 3.96. The number of sulfonamides is 1. The smallest absolute Gasteiger partial charge is 0.253 e. The first kappa shape index (κ1) is 15.9. The van der Waals surface area contributed by atoms with E-state index in [-0.39, 0.29) is 11.9 Å². The first-order valence-corrected chi connectivity index (χ1v) is 8.70. The molecule has 0 unspecified atom stereocenters. The molecule has 8 heteroatoms. The summed E-state index contributed by atoms with van der Waals surface area (Å²) in [6, 6.07) is 3.27. The highest BCUT2D eigenvalue weighted by molar-refractivity contribution is 7.88. The van der Waals surface area contributed by atoms with E-state index in [1.165, 1.54) is 0 Å². The molecule has 21 heavy (non-hydrogen) atoms. The van der Waals surface area contributed by atoms with E-state index in [0.717, 1.165) is 6.26 Å². The van der Waals surface area contributed by atoms with Gasteiger partial charge in [0.05, 0.1) is 11.9 Å². The zero-order valence-corrected chi connectivity index (χ0v) is 12.8. The van der Waals surface area contributed by atoms with E-state index >= 15 is 0 Å². The number of piperidine rings is 1. The average Bonchev–Trinajstić information content (AvgIpc) is 2.46. The number of rotatable bonds is 4. The van der Waals surface area contributed by atoms with Crippen LogP contribution in [0.2, 0.25) is 0 Å². The summed E-state index contributed by atoms with van der Waals surface area (Å²) >= 11 is 0. The van der Waals surface area contributed by atoms with Gasteiger partial charge in [-0.3, -0.25) is 9.78 Å². The van der Waals surface area contributed by atoms with Gasteiger partial charge in [-0.25, -0.2) is 13.1 Å². The van der Waals surface area contributed by atoms with Crippen LogP contribution in [0.3, 0.4) is 0 Å². The third kappa shape index (κ3) is 4.48. The van der Waals surface area contributed by atoms with Crippen molar-refractivity contribution in [1.82, 2.24) is 14.6 Å². The molecule has 116 valence electrons. The number of amides is 1. The predicted octanol–water partition coefficient (Wildman–Crippen LogP) is -0.306. The van der Waals surface area contributed by atoms with Gasteiger partial charge >= 0.3 is 0 Å². The Hall–Kier alpha value is -1.51. The molecule has 1 aliphatic rings. The Morgan fingerprint density at radius 1 is 1.48 bits per heavy atom. The lowest BCUT2D eigenvalue weighted by Crippen LogP contribution is -2.46. The lowest BCUT2D eigenvalue weighted by atomic mass is 10.0. The minimum atomic E-state index is -3.20. The second-order valence-electron chi connectivity index (χ2n) is 5.20. The molecule has 0 atom stereocenters. The standard InChI is InChI=1S/C13H20N4O3S/c1-21(19,20)16-11-3-6-17(7-4-11)13(18)10-2-5-15-12(8-10)9-14/h2,5,8,11,16H,3-4,6-7,9,14H2,1H3. The molecule has 1 amide bonds. The molecule has 1 aliphatic heterocycles. The quantitative estimate of drug-likeness (QED) is 0.793. The molecule has 1 saturated heterocycles. The van der Waals surface area contributed by atoms with Crippen LogP contribution in [0.15, 0.2) is 18.3 Å². The molecule has 0 bridgehead atoms. The van der Waals surface area contributed by atoms with Crippen LogP contribution in [0.25, 0.3) is 0 Å². The van der Waals surface area contributed by atoms with Crippen molar-refractivity contribution >= 4 is 15.9 Å². The Balaban J connectivity index is 1.97. The van der Waals surface area contributed by atoms with Crippen molar-refractivity contribution in [2.75, 3.05) is 19.3 Å². The summed E-state index contributed by atoms with van der Waals surface area (Å²) in [5.74, 6) is -0.0649. The monoisotopic (exact) mass is 312 g/mol. The van der Waals surface area contributed by atoms with Gasteiger partial charge in [0.2, 0.25) is 10.0 Å². The van der Waals surface area contributed by atoms with E-state index in [0.29, 0.717) is 43.7 Å². The summed E-state index contributed by atoms with van der Waals surface area (Å²) < 4.78 is 25.0. The second-order valence-corrected chi connectivity index (χ2v) is 6.98. The zero-order valence-electron chi connectivity index (χ0n) is 11.9. The summed E-state index contributed by atoms with van der Waals surface area (Å²) in [5.41, 5.74) is 6.77. The minimum absolute atomic E-state index is 0.0649. The summed E-state index contributed by atoms with van der Waals surface area (Å²) in [6.45, 7) is 1.36. The third-order valence-corrected chi connectivity index (χ3v) is 4.20. The zero-order chi connectivity index (χ0) is 15.5. The Bertz CT molecular complexity index is 610. The average molecular weight is 312 g/mol. The van der Waals surface area contributed by atoms with Gasteiger partial charge in [-0.1, -0.05) is 0 Å². The van der Waals surface area contributed by atoms with E-state index in [9.17, 15) is 13.2 Å². The molecule has 3 N–H and O–H groups in total. The van der Waals surface area contributed by atoms with Gasteiger partial charge < -0.3 is 10.6 Å². The van der Waals surface area contributed by atoms with Crippen molar-refractivity contribution in [2.45, 2.75) is 25.4 Å². The second kappa shape index (κ2) is 6.50. The molecule has 0 aromatic carbocycles. The number of nitrogens with one attached hydrogen (secondary N) is 1. The highest BCUT2D eigenvalue weighted by Gasteiger charge is 2.25. The first-order chi connectivity index (χ1) is 9.89. The van der Waals surface area contributed by atoms with Crippen LogP contribution < -0.4 is 10.5 Å². The molecule has 2 rings (SSSR count). The summed E-state index contributed by atoms with van der Waals surface area (Å²) in [4.78, 5) is 18.2. The Kier molecular flexibility index (Phi) is 4.92. The normalized spacial score (nSPS) is 17.0.